The molecule has 0 heterocycles. The summed E-state index contributed by atoms with van der Waals surface area (Å²) in [6.45, 7) is 1.14. The molecule has 4 nitrogen and oxygen atoms in total. The lowest BCUT2D eigenvalue weighted by atomic mass is 9.95. The van der Waals surface area contributed by atoms with Gasteiger partial charge < -0.3 is 15.6 Å². The first-order valence-electron chi connectivity index (χ1n) is 5.76. The predicted octanol–water partition coefficient (Wildman–Crippen LogP) is 2.45. The van der Waals surface area contributed by atoms with Crippen molar-refractivity contribution in [3.05, 3.63) is 29.1 Å². The Labute approximate surface area is 116 Å². The van der Waals surface area contributed by atoms with Gasteiger partial charge in [-0.3, -0.25) is 0 Å². The van der Waals surface area contributed by atoms with E-state index < -0.39 is 47.1 Å². The Balaban J connectivity index is 3.33. The van der Waals surface area contributed by atoms with E-state index in [2.05, 4.69) is 4.74 Å². The van der Waals surface area contributed by atoms with Gasteiger partial charge >= 0.3 is 12.1 Å². The number of hydrogen-bond donors (Lipinski definition) is 2. The molecule has 0 amide bonds. The molecule has 0 aliphatic rings. The van der Waals surface area contributed by atoms with Crippen LogP contribution in [0.15, 0.2) is 12.1 Å². The Morgan fingerprint density at radius 1 is 1.43 bits per heavy atom. The summed E-state index contributed by atoms with van der Waals surface area (Å²) in [5.74, 6) is -4.37. The Hall–Kier alpha value is -1.90. The van der Waals surface area contributed by atoms with Crippen LogP contribution in [-0.4, -0.2) is 23.9 Å². The number of alkyl halides is 4. The first-order chi connectivity index (χ1) is 9.61. The molecule has 3 N–H and O–H groups in total. The number of nitrogens with two attached hydrogens (primary N) is 1. The van der Waals surface area contributed by atoms with Gasteiger partial charge in [-0.05, 0) is 19.1 Å². The minimum Gasteiger partial charge on any atom is -0.505 e. The maximum absolute atomic E-state index is 13.7. The second kappa shape index (κ2) is 6.25. The summed E-state index contributed by atoms with van der Waals surface area (Å²) in [5, 5.41) is 9.40. The average molecular weight is 313 g/mol. The number of halogens is 5. The number of phenolic OH excluding ortho intramolecular Hbond substituents is 1. The fourth-order valence-corrected chi connectivity index (χ4v) is 1.68. The predicted molar refractivity (Wildman–Crippen MR) is 61.5 cm³/mol. The normalized spacial score (nSPS) is 14.6. The zero-order chi connectivity index (χ0) is 16.4. The molecule has 21 heavy (non-hydrogen) atoms. The molecule has 1 aromatic rings. The topological polar surface area (TPSA) is 72.5 Å². The molecular formula is C12H12F5NO3. The van der Waals surface area contributed by atoms with Gasteiger partial charge in [0.25, 0.3) is 0 Å². The molecule has 118 valence electrons. The minimum atomic E-state index is -5.01. The van der Waals surface area contributed by atoms with Gasteiger partial charge in [0.15, 0.2) is 11.6 Å². The Morgan fingerprint density at radius 3 is 2.48 bits per heavy atom. The minimum absolute atomic E-state index is 0.215. The fraction of sp³-hybridized carbons (Fsp3) is 0.417. The van der Waals surface area contributed by atoms with Crippen LogP contribution < -0.4 is 5.73 Å². The zero-order valence-electron chi connectivity index (χ0n) is 10.7. The smallest absolute Gasteiger partial charge is 0.416 e. The molecule has 0 fully saturated rings. The first kappa shape index (κ1) is 17.2. The Bertz CT molecular complexity index is 532. The molecule has 0 aromatic heterocycles. The highest BCUT2D eigenvalue weighted by atomic mass is 19.4. The lowest BCUT2D eigenvalue weighted by Gasteiger charge is -2.21. The quantitative estimate of drug-likeness (QED) is 0.661. The number of hydrogen-bond acceptors (Lipinski definition) is 4. The second-order valence-corrected chi connectivity index (χ2v) is 4.03. The molecule has 1 rings (SSSR count). The highest BCUT2D eigenvalue weighted by molar-refractivity contribution is 5.76. The van der Waals surface area contributed by atoms with Crippen molar-refractivity contribution in [2.75, 3.05) is 6.61 Å². The van der Waals surface area contributed by atoms with Crippen LogP contribution in [0.1, 0.15) is 24.1 Å². The number of aromatic hydroxyl groups is 1. The van der Waals surface area contributed by atoms with Crippen LogP contribution in [0.4, 0.5) is 22.0 Å². The van der Waals surface area contributed by atoms with Gasteiger partial charge in [0.2, 0.25) is 6.17 Å². The van der Waals surface area contributed by atoms with E-state index in [4.69, 9.17) is 5.73 Å². The van der Waals surface area contributed by atoms with E-state index in [-0.39, 0.29) is 6.61 Å². The second-order valence-electron chi connectivity index (χ2n) is 4.03. The molecule has 0 aliphatic carbocycles. The zero-order valence-corrected chi connectivity index (χ0v) is 10.7. The van der Waals surface area contributed by atoms with Crippen LogP contribution in [0.5, 0.6) is 5.75 Å². The van der Waals surface area contributed by atoms with Crippen molar-refractivity contribution in [2.24, 2.45) is 5.73 Å². The van der Waals surface area contributed by atoms with Crippen LogP contribution in [-0.2, 0) is 15.7 Å². The van der Waals surface area contributed by atoms with Gasteiger partial charge in [0.1, 0.15) is 0 Å². The number of carbonyl (C=O) groups is 1. The highest BCUT2D eigenvalue weighted by Gasteiger charge is 2.40. The van der Waals surface area contributed by atoms with Crippen molar-refractivity contribution in [3.8, 4) is 5.75 Å². The van der Waals surface area contributed by atoms with Crippen molar-refractivity contribution >= 4 is 5.97 Å². The van der Waals surface area contributed by atoms with Crippen molar-refractivity contribution in [2.45, 2.75) is 25.3 Å². The molecule has 0 spiro atoms. The van der Waals surface area contributed by atoms with E-state index >= 15 is 0 Å². The maximum Gasteiger partial charge on any atom is 0.416 e. The molecule has 2 atom stereocenters. The summed E-state index contributed by atoms with van der Waals surface area (Å²) < 4.78 is 69.7. The van der Waals surface area contributed by atoms with Crippen molar-refractivity contribution in [1.29, 1.82) is 0 Å². The molecule has 0 saturated heterocycles. The Morgan fingerprint density at radius 2 is 2.00 bits per heavy atom. The van der Waals surface area contributed by atoms with Gasteiger partial charge in [0.05, 0.1) is 18.2 Å². The van der Waals surface area contributed by atoms with Crippen molar-refractivity contribution in [3.63, 3.8) is 0 Å². The van der Waals surface area contributed by atoms with Gasteiger partial charge in [-0.15, -0.1) is 0 Å². The van der Waals surface area contributed by atoms with E-state index in [1.54, 1.807) is 0 Å². The molecule has 9 heteroatoms. The lowest BCUT2D eigenvalue weighted by molar-refractivity contribution is -0.150. The summed E-state index contributed by atoms with van der Waals surface area (Å²) >= 11 is 0. The number of carbonyl (C=O) groups excluding carboxylic acids is 1. The van der Waals surface area contributed by atoms with E-state index in [1.807, 2.05) is 0 Å². The largest absolute Gasteiger partial charge is 0.505 e. The fourth-order valence-electron chi connectivity index (χ4n) is 1.68. The average Bonchev–Trinajstić information content (AvgIpc) is 2.39. The van der Waals surface area contributed by atoms with Crippen LogP contribution in [0.25, 0.3) is 0 Å². The molecular weight excluding hydrogens is 301 g/mol. The molecule has 0 bridgehead atoms. The lowest BCUT2D eigenvalue weighted by Crippen LogP contribution is -2.33. The third kappa shape index (κ3) is 3.60. The van der Waals surface area contributed by atoms with Crippen LogP contribution in [0, 0.1) is 5.82 Å². The number of esters is 1. The monoisotopic (exact) mass is 313 g/mol. The SMILES string of the molecule is CCOC(=O)C(F)[C@H](N)c1c(C(F)(F)F)ccc(F)c1O. The van der Waals surface area contributed by atoms with Crippen LogP contribution >= 0.6 is 0 Å². The van der Waals surface area contributed by atoms with E-state index in [0.29, 0.717) is 12.1 Å². The summed E-state index contributed by atoms with van der Waals surface area (Å²) in [7, 11) is 0. The van der Waals surface area contributed by atoms with Crippen molar-refractivity contribution < 1.29 is 36.6 Å². The van der Waals surface area contributed by atoms with E-state index in [9.17, 15) is 31.9 Å². The summed E-state index contributed by atoms with van der Waals surface area (Å²) in [6.07, 6.45) is -7.69. The molecule has 0 saturated carbocycles. The van der Waals surface area contributed by atoms with E-state index in [1.165, 1.54) is 6.92 Å². The maximum atomic E-state index is 13.7. The summed E-state index contributed by atoms with van der Waals surface area (Å²) in [5.41, 5.74) is 2.47. The number of rotatable bonds is 4. The summed E-state index contributed by atoms with van der Waals surface area (Å²) in [6, 6.07) is -1.55. The van der Waals surface area contributed by atoms with Gasteiger partial charge in [-0.2, -0.15) is 13.2 Å². The standard InChI is InChI=1S/C12H12F5NO3/c1-2-21-11(20)8(14)9(18)7-5(12(15,16)17)3-4-6(13)10(7)19/h3-4,8-9,19H,2,18H2,1H3/t8?,9-/m1/s1. The molecule has 1 unspecified atom stereocenters. The number of benzene rings is 1. The third-order valence-electron chi connectivity index (χ3n) is 2.63. The Kier molecular flexibility index (Phi) is 5.10. The first-order valence-corrected chi connectivity index (χ1v) is 5.76. The van der Waals surface area contributed by atoms with Crippen LogP contribution in [0.3, 0.4) is 0 Å². The van der Waals surface area contributed by atoms with Crippen LogP contribution in [0.2, 0.25) is 0 Å². The van der Waals surface area contributed by atoms with Crippen molar-refractivity contribution in [1.82, 2.24) is 0 Å². The highest BCUT2D eigenvalue weighted by Crippen LogP contribution is 2.40. The van der Waals surface area contributed by atoms with E-state index in [0.717, 1.165) is 0 Å². The number of ether oxygens (including phenoxy) is 1. The van der Waals surface area contributed by atoms with Gasteiger partial charge in [0, 0.05) is 5.56 Å². The summed E-state index contributed by atoms with van der Waals surface area (Å²) in [4.78, 5) is 11.2. The van der Waals surface area contributed by atoms with Gasteiger partial charge in [-0.25, -0.2) is 13.6 Å². The molecule has 0 aliphatic heterocycles. The third-order valence-corrected chi connectivity index (χ3v) is 2.63. The number of phenols is 1. The van der Waals surface area contributed by atoms with Gasteiger partial charge in [-0.1, -0.05) is 0 Å². The molecule has 0 radical (unpaired) electrons. The molecule has 1 aromatic carbocycles.